The quantitative estimate of drug-likeness (QED) is 0.331. The molecule has 0 spiro atoms. The van der Waals surface area contributed by atoms with Crippen LogP contribution in [0.15, 0.2) is 69.8 Å². The molecule has 1 amide bonds. The highest BCUT2D eigenvalue weighted by atomic mass is 79.9. The second kappa shape index (κ2) is 9.55. The Hall–Kier alpha value is -2.81. The fraction of sp³-hybridized carbons (Fsp3) is 0.0952. The van der Waals surface area contributed by atoms with E-state index in [9.17, 15) is 4.79 Å². The summed E-state index contributed by atoms with van der Waals surface area (Å²) in [6, 6.07) is 15.9. The van der Waals surface area contributed by atoms with E-state index in [4.69, 9.17) is 32.4 Å². The van der Waals surface area contributed by atoms with Gasteiger partial charge in [-0.1, -0.05) is 41.4 Å². The molecule has 0 bridgehead atoms. The first-order valence-electron chi connectivity index (χ1n) is 9.09. The van der Waals surface area contributed by atoms with Crippen LogP contribution in [0.25, 0.3) is 0 Å². The number of benzene rings is 2. The number of carbonyl (C=O) groups is 1. The van der Waals surface area contributed by atoms with Gasteiger partial charge in [-0.25, -0.2) is 9.67 Å². The molecule has 0 aliphatic rings. The highest BCUT2D eigenvalue weighted by Crippen LogP contribution is 2.25. The van der Waals surface area contributed by atoms with E-state index in [-0.39, 0.29) is 18.3 Å². The largest absolute Gasteiger partial charge is 0.484 e. The number of anilines is 1. The van der Waals surface area contributed by atoms with Gasteiger partial charge in [-0.15, -0.1) is 5.10 Å². The molecule has 158 valence electrons. The summed E-state index contributed by atoms with van der Waals surface area (Å²) in [5, 5.41) is 7.93. The average Bonchev–Trinajstić information content (AvgIpc) is 3.39. The second-order valence-corrected chi connectivity index (χ2v) is 8.14. The van der Waals surface area contributed by atoms with Gasteiger partial charge in [0.25, 0.3) is 5.91 Å². The maximum Gasteiger partial charge on any atom is 0.293 e. The van der Waals surface area contributed by atoms with E-state index >= 15 is 0 Å². The van der Waals surface area contributed by atoms with Gasteiger partial charge in [0.1, 0.15) is 24.4 Å². The molecule has 0 aliphatic heterocycles. The van der Waals surface area contributed by atoms with Crippen LogP contribution in [0, 0.1) is 0 Å². The van der Waals surface area contributed by atoms with Crippen molar-refractivity contribution in [2.45, 2.75) is 13.2 Å². The Bertz CT molecular complexity index is 1220. The third-order valence-electron chi connectivity index (χ3n) is 4.20. The molecule has 0 atom stereocenters. The molecule has 2 aromatic carbocycles. The number of carbonyl (C=O) groups excluding carboxylic acids is 1. The van der Waals surface area contributed by atoms with E-state index in [2.05, 4.69) is 31.3 Å². The summed E-state index contributed by atoms with van der Waals surface area (Å²) >= 11 is 15.5. The highest BCUT2D eigenvalue weighted by Gasteiger charge is 2.15. The van der Waals surface area contributed by atoms with Gasteiger partial charge in [-0.05, 0) is 57.9 Å². The van der Waals surface area contributed by atoms with Crippen molar-refractivity contribution >= 4 is 51.0 Å². The molecule has 0 fully saturated rings. The molecule has 0 saturated carbocycles. The lowest BCUT2D eigenvalue weighted by Crippen LogP contribution is -2.12. The van der Waals surface area contributed by atoms with Crippen LogP contribution < -0.4 is 10.1 Å². The Kier molecular flexibility index (Phi) is 6.60. The summed E-state index contributed by atoms with van der Waals surface area (Å²) < 4.78 is 13.6. The zero-order chi connectivity index (χ0) is 21.8. The number of hydrogen-bond donors (Lipinski definition) is 1. The third-order valence-corrected chi connectivity index (χ3v) is 5.44. The van der Waals surface area contributed by atoms with Crippen LogP contribution in [0.1, 0.15) is 21.9 Å². The predicted molar refractivity (Wildman–Crippen MR) is 121 cm³/mol. The molecule has 0 saturated heterocycles. The standard InChI is InChI=1S/C21H15BrCl2N4O3/c22-16-3-1-2-4-18(16)30-11-15-7-8-19(31-15)20(29)26-21-25-12-28(27-21)10-13-5-6-14(23)9-17(13)24/h1-9,12H,10-11H2,(H,26,27,29). The average molecular weight is 522 g/mol. The Morgan fingerprint density at radius 2 is 2.00 bits per heavy atom. The van der Waals surface area contributed by atoms with Gasteiger partial charge in [-0.3, -0.25) is 10.1 Å². The van der Waals surface area contributed by atoms with E-state index < -0.39 is 5.91 Å². The van der Waals surface area contributed by atoms with Gasteiger partial charge in [0.2, 0.25) is 5.95 Å². The van der Waals surface area contributed by atoms with Crippen molar-refractivity contribution in [2.75, 3.05) is 5.32 Å². The maximum atomic E-state index is 12.4. The van der Waals surface area contributed by atoms with Gasteiger partial charge in [-0.2, -0.15) is 0 Å². The zero-order valence-corrected chi connectivity index (χ0v) is 19.0. The Balaban J connectivity index is 1.35. The second-order valence-electron chi connectivity index (χ2n) is 6.44. The smallest absolute Gasteiger partial charge is 0.293 e. The molecular weight excluding hydrogens is 507 g/mol. The summed E-state index contributed by atoms with van der Waals surface area (Å²) in [5.74, 6) is 1.01. The van der Waals surface area contributed by atoms with E-state index in [1.807, 2.05) is 30.3 Å². The first-order valence-corrected chi connectivity index (χ1v) is 10.6. The predicted octanol–water partition coefficient (Wildman–Crippen LogP) is 5.82. The van der Waals surface area contributed by atoms with Gasteiger partial charge in [0.15, 0.2) is 5.76 Å². The number of nitrogens with zero attached hydrogens (tertiary/aromatic N) is 3. The minimum atomic E-state index is -0.464. The van der Waals surface area contributed by atoms with Crippen LogP contribution in [0.2, 0.25) is 10.0 Å². The van der Waals surface area contributed by atoms with Crippen LogP contribution >= 0.6 is 39.1 Å². The van der Waals surface area contributed by atoms with Crippen molar-refractivity contribution in [3.05, 3.63) is 92.5 Å². The van der Waals surface area contributed by atoms with Crippen LogP contribution in [0.3, 0.4) is 0 Å². The highest BCUT2D eigenvalue weighted by molar-refractivity contribution is 9.10. The van der Waals surface area contributed by atoms with Crippen molar-refractivity contribution < 1.29 is 13.9 Å². The first-order chi connectivity index (χ1) is 15.0. The van der Waals surface area contributed by atoms with Crippen molar-refractivity contribution in [2.24, 2.45) is 0 Å². The number of furan rings is 1. The maximum absolute atomic E-state index is 12.4. The fourth-order valence-electron chi connectivity index (χ4n) is 2.70. The van der Waals surface area contributed by atoms with Crippen LogP contribution in [-0.2, 0) is 13.2 Å². The Morgan fingerprint density at radius 1 is 1.16 bits per heavy atom. The van der Waals surface area contributed by atoms with Gasteiger partial charge in [0.05, 0.1) is 11.0 Å². The zero-order valence-electron chi connectivity index (χ0n) is 15.9. The van der Waals surface area contributed by atoms with Gasteiger partial charge in [0, 0.05) is 10.0 Å². The van der Waals surface area contributed by atoms with Crippen LogP contribution in [-0.4, -0.2) is 20.7 Å². The van der Waals surface area contributed by atoms with E-state index in [1.54, 1.807) is 28.9 Å². The molecule has 0 radical (unpaired) electrons. The summed E-state index contributed by atoms with van der Waals surface area (Å²) in [7, 11) is 0. The van der Waals surface area contributed by atoms with Crippen molar-refractivity contribution in [3.63, 3.8) is 0 Å². The Labute approximate surface area is 196 Å². The minimum absolute atomic E-state index is 0.128. The van der Waals surface area contributed by atoms with E-state index in [1.165, 1.54) is 6.33 Å². The number of ether oxygens (including phenoxy) is 1. The van der Waals surface area contributed by atoms with Gasteiger partial charge >= 0.3 is 0 Å². The molecule has 0 aliphatic carbocycles. The van der Waals surface area contributed by atoms with Crippen molar-refractivity contribution in [1.82, 2.24) is 14.8 Å². The number of nitrogens with one attached hydrogen (secondary N) is 1. The van der Waals surface area contributed by atoms with Crippen LogP contribution in [0.5, 0.6) is 5.75 Å². The SMILES string of the molecule is O=C(Nc1ncn(Cc2ccc(Cl)cc2Cl)n1)c1ccc(COc2ccccc2Br)o1. The van der Waals surface area contributed by atoms with Crippen molar-refractivity contribution in [3.8, 4) is 5.75 Å². The number of rotatable bonds is 7. The Morgan fingerprint density at radius 3 is 2.81 bits per heavy atom. The lowest BCUT2D eigenvalue weighted by molar-refractivity contribution is 0.0991. The number of hydrogen-bond acceptors (Lipinski definition) is 5. The summed E-state index contributed by atoms with van der Waals surface area (Å²) in [6.45, 7) is 0.570. The normalized spacial score (nSPS) is 10.8. The lowest BCUT2D eigenvalue weighted by Gasteiger charge is -2.05. The molecule has 2 aromatic heterocycles. The molecule has 2 heterocycles. The van der Waals surface area contributed by atoms with Crippen LogP contribution in [0.4, 0.5) is 5.95 Å². The molecule has 7 nitrogen and oxygen atoms in total. The summed E-state index contributed by atoms with van der Waals surface area (Å²) in [6.07, 6.45) is 1.50. The minimum Gasteiger partial charge on any atom is -0.484 e. The molecule has 10 heteroatoms. The molecule has 4 aromatic rings. The molecule has 0 unspecified atom stereocenters. The number of amides is 1. The molecule has 1 N–H and O–H groups in total. The number of aromatic nitrogens is 3. The van der Waals surface area contributed by atoms with E-state index in [0.717, 1.165) is 10.0 Å². The number of para-hydroxylation sites is 1. The monoisotopic (exact) mass is 520 g/mol. The van der Waals surface area contributed by atoms with Gasteiger partial charge < -0.3 is 9.15 Å². The first kappa shape index (κ1) is 21.4. The summed E-state index contributed by atoms with van der Waals surface area (Å²) in [4.78, 5) is 16.5. The number of halogens is 3. The molecule has 31 heavy (non-hydrogen) atoms. The fourth-order valence-corrected chi connectivity index (χ4v) is 3.57. The van der Waals surface area contributed by atoms with Crippen molar-refractivity contribution in [1.29, 1.82) is 0 Å². The molecular formula is C21H15BrCl2N4O3. The summed E-state index contributed by atoms with van der Waals surface area (Å²) in [5.41, 5.74) is 0.828. The molecule has 4 rings (SSSR count). The lowest BCUT2D eigenvalue weighted by atomic mass is 10.2. The third kappa shape index (κ3) is 5.46. The van der Waals surface area contributed by atoms with E-state index in [0.29, 0.717) is 28.1 Å². The topological polar surface area (TPSA) is 82.2 Å².